The first-order valence-corrected chi connectivity index (χ1v) is 12.8. The van der Waals surface area contributed by atoms with E-state index in [1.165, 1.54) is 22.9 Å². The second kappa shape index (κ2) is 10.9. The number of nitrogens with one attached hydrogen (secondary N) is 2. The lowest BCUT2D eigenvalue weighted by Gasteiger charge is -2.27. The molecular formula is C28H29F3N8O. The number of nitrogens with two attached hydrogens (primary N) is 1. The van der Waals surface area contributed by atoms with E-state index in [9.17, 15) is 18.0 Å². The predicted molar refractivity (Wildman–Crippen MR) is 148 cm³/mol. The number of rotatable bonds is 8. The lowest BCUT2D eigenvalue weighted by atomic mass is 9.93. The van der Waals surface area contributed by atoms with Crippen LogP contribution in [0.4, 0.5) is 19.0 Å². The Morgan fingerprint density at radius 1 is 1.23 bits per heavy atom. The van der Waals surface area contributed by atoms with Crippen LogP contribution in [0.15, 0.2) is 71.6 Å². The molecule has 1 saturated carbocycles. The molecule has 3 heterocycles. The summed E-state index contributed by atoms with van der Waals surface area (Å²) in [4.78, 5) is 30.6. The molecule has 0 bridgehead atoms. The largest absolute Gasteiger partial charge is 0.432 e. The molecule has 1 aliphatic rings. The van der Waals surface area contributed by atoms with Crippen molar-refractivity contribution in [2.45, 2.75) is 44.9 Å². The van der Waals surface area contributed by atoms with Crippen LogP contribution in [0.3, 0.4) is 0 Å². The van der Waals surface area contributed by atoms with E-state index in [-0.39, 0.29) is 12.2 Å². The van der Waals surface area contributed by atoms with Crippen molar-refractivity contribution < 1.29 is 13.2 Å². The molecule has 1 aromatic carbocycles. The number of aromatic amines is 1. The molecule has 208 valence electrons. The highest BCUT2D eigenvalue weighted by molar-refractivity contribution is 5.76. The van der Waals surface area contributed by atoms with Crippen LogP contribution in [0, 0.1) is 0 Å². The van der Waals surface area contributed by atoms with Crippen molar-refractivity contribution in [3.8, 4) is 11.4 Å². The summed E-state index contributed by atoms with van der Waals surface area (Å²) in [5.41, 5.74) is 7.43. The Morgan fingerprint density at radius 3 is 2.62 bits per heavy atom. The van der Waals surface area contributed by atoms with Crippen molar-refractivity contribution >= 4 is 22.7 Å². The number of halogens is 3. The first-order valence-electron chi connectivity index (χ1n) is 12.8. The Bertz CT molecular complexity index is 1630. The Labute approximate surface area is 228 Å². The first-order chi connectivity index (χ1) is 19.1. The van der Waals surface area contributed by atoms with Crippen LogP contribution in [-0.2, 0) is 6.54 Å². The first kappa shape index (κ1) is 27.0. The minimum atomic E-state index is -4.61. The average molecular weight is 551 g/mol. The van der Waals surface area contributed by atoms with E-state index in [4.69, 9.17) is 10.7 Å². The third-order valence-corrected chi connectivity index (χ3v) is 6.91. The van der Waals surface area contributed by atoms with E-state index in [1.807, 2.05) is 24.3 Å². The molecule has 1 fully saturated rings. The predicted octanol–water partition coefficient (Wildman–Crippen LogP) is 4.85. The molecule has 0 spiro atoms. The number of hydrogen-bond donors (Lipinski definition) is 3. The molecule has 5 rings (SSSR count). The minimum absolute atomic E-state index is 0.234. The molecule has 1 aliphatic carbocycles. The van der Waals surface area contributed by atoms with Gasteiger partial charge >= 0.3 is 11.9 Å². The van der Waals surface area contributed by atoms with Crippen LogP contribution in [-0.4, -0.2) is 48.7 Å². The Balaban J connectivity index is 1.41. The maximum Gasteiger partial charge on any atom is 0.432 e. The lowest BCUT2D eigenvalue weighted by Crippen LogP contribution is -2.27. The van der Waals surface area contributed by atoms with E-state index in [0.29, 0.717) is 40.1 Å². The molecule has 12 heteroatoms. The van der Waals surface area contributed by atoms with Crippen molar-refractivity contribution in [1.29, 1.82) is 0 Å². The van der Waals surface area contributed by atoms with E-state index in [2.05, 4.69) is 20.3 Å². The molecule has 0 saturated heterocycles. The zero-order valence-corrected chi connectivity index (χ0v) is 22.0. The highest BCUT2D eigenvalue weighted by atomic mass is 19.4. The average Bonchev–Trinajstić information content (AvgIpc) is 3.21. The Hall–Kier alpha value is -4.61. The number of pyridine rings is 1. The van der Waals surface area contributed by atoms with E-state index < -0.39 is 11.9 Å². The fourth-order valence-electron chi connectivity index (χ4n) is 4.56. The molecule has 3 aromatic heterocycles. The van der Waals surface area contributed by atoms with Crippen molar-refractivity contribution in [3.05, 3.63) is 88.4 Å². The summed E-state index contributed by atoms with van der Waals surface area (Å²) < 4.78 is 40.2. The monoisotopic (exact) mass is 550 g/mol. The smallest absolute Gasteiger partial charge is 0.394 e. The van der Waals surface area contributed by atoms with Crippen LogP contribution in [0.5, 0.6) is 0 Å². The van der Waals surface area contributed by atoms with Gasteiger partial charge in [-0.2, -0.15) is 13.2 Å². The van der Waals surface area contributed by atoms with Crippen molar-refractivity contribution in [2.24, 2.45) is 5.73 Å². The SMILES string of the molecule is C/C=C(/c1ccc(Cn2c(=O)[nH]c3cnc(-c4cccnc4NC4CCC4)nc32)cc1)N(C)/C=C(\N)C(F)(F)F. The summed E-state index contributed by atoms with van der Waals surface area (Å²) in [5.74, 6) is 1.17. The Morgan fingerprint density at radius 2 is 1.98 bits per heavy atom. The fourth-order valence-corrected chi connectivity index (χ4v) is 4.56. The zero-order valence-electron chi connectivity index (χ0n) is 22.0. The highest BCUT2D eigenvalue weighted by Gasteiger charge is 2.32. The highest BCUT2D eigenvalue weighted by Crippen LogP contribution is 2.29. The summed E-state index contributed by atoms with van der Waals surface area (Å²) in [6.45, 7) is 1.97. The second-order valence-corrected chi connectivity index (χ2v) is 9.68. The molecule has 9 nitrogen and oxygen atoms in total. The van der Waals surface area contributed by atoms with Crippen molar-refractivity contribution in [3.63, 3.8) is 0 Å². The third-order valence-electron chi connectivity index (χ3n) is 6.91. The maximum atomic E-state index is 12.9. The molecule has 0 radical (unpaired) electrons. The number of H-pyrrole nitrogens is 1. The summed E-state index contributed by atoms with van der Waals surface area (Å²) in [5, 5.41) is 3.46. The normalized spacial score (nSPS) is 14.8. The van der Waals surface area contributed by atoms with Crippen molar-refractivity contribution in [1.82, 2.24) is 29.4 Å². The van der Waals surface area contributed by atoms with Crippen LogP contribution in [0.2, 0.25) is 0 Å². The van der Waals surface area contributed by atoms with Crippen molar-refractivity contribution in [2.75, 3.05) is 12.4 Å². The van der Waals surface area contributed by atoms with Crippen LogP contribution in [0.25, 0.3) is 28.2 Å². The zero-order chi connectivity index (χ0) is 28.4. The molecule has 4 aromatic rings. The Kier molecular flexibility index (Phi) is 7.33. The standard InChI is InChI=1S/C28H29F3N8O/c1-3-22(38(2)16-23(32)28(29,30)31)18-11-9-17(10-12-18)15-39-26-21(36-27(39)40)14-34-25(37-26)20-8-5-13-33-24(20)35-19-6-4-7-19/h3,5,8-14,16,19H,4,6-7,15,32H2,1-2H3,(H,33,35)(H,36,40)/b22-3-,23-16-. The van der Waals surface area contributed by atoms with Gasteiger partial charge in [0, 0.05) is 31.2 Å². The molecule has 0 atom stereocenters. The van der Waals surface area contributed by atoms with Gasteiger partial charge in [-0.15, -0.1) is 0 Å². The molecule has 0 unspecified atom stereocenters. The number of fused-ring (bicyclic) bond motifs is 1. The number of anilines is 1. The number of nitrogens with zero attached hydrogens (tertiary/aromatic N) is 5. The molecule has 0 aliphatic heterocycles. The van der Waals surface area contributed by atoms with Gasteiger partial charge in [0.25, 0.3) is 0 Å². The minimum Gasteiger partial charge on any atom is -0.394 e. The van der Waals surface area contributed by atoms with Crippen LogP contribution >= 0.6 is 0 Å². The number of hydrogen-bond acceptors (Lipinski definition) is 7. The van der Waals surface area contributed by atoms with E-state index >= 15 is 0 Å². The van der Waals surface area contributed by atoms with Gasteiger partial charge in [0.05, 0.1) is 18.3 Å². The van der Waals surface area contributed by atoms with Crippen LogP contribution < -0.4 is 16.7 Å². The molecular weight excluding hydrogens is 521 g/mol. The molecule has 4 N–H and O–H groups in total. The quantitative estimate of drug-likeness (QED) is 0.287. The fraction of sp³-hybridized carbons (Fsp3) is 0.286. The molecule has 40 heavy (non-hydrogen) atoms. The number of alkyl halides is 3. The third kappa shape index (κ3) is 5.56. The van der Waals surface area contributed by atoms with Gasteiger partial charge in [0.2, 0.25) is 0 Å². The number of aromatic nitrogens is 5. The van der Waals surface area contributed by atoms with E-state index in [0.717, 1.165) is 30.2 Å². The lowest BCUT2D eigenvalue weighted by molar-refractivity contribution is -0.0934. The van der Waals surface area contributed by atoms with Gasteiger partial charge in [0.15, 0.2) is 11.5 Å². The van der Waals surface area contributed by atoms with Gasteiger partial charge in [-0.05, 0) is 49.4 Å². The second-order valence-electron chi connectivity index (χ2n) is 9.68. The van der Waals surface area contributed by atoms with Crippen LogP contribution in [0.1, 0.15) is 37.3 Å². The van der Waals surface area contributed by atoms with Gasteiger partial charge in [-0.3, -0.25) is 4.57 Å². The topological polar surface area (TPSA) is 118 Å². The van der Waals surface area contributed by atoms with E-state index in [1.54, 1.807) is 37.5 Å². The maximum absolute atomic E-state index is 12.9. The summed E-state index contributed by atoms with van der Waals surface area (Å²) >= 11 is 0. The summed E-state index contributed by atoms with van der Waals surface area (Å²) in [7, 11) is 1.50. The van der Waals surface area contributed by atoms with Gasteiger partial charge in [0.1, 0.15) is 17.0 Å². The summed E-state index contributed by atoms with van der Waals surface area (Å²) in [6, 6.07) is 11.3. The van der Waals surface area contributed by atoms with Gasteiger partial charge in [-0.25, -0.2) is 19.7 Å². The van der Waals surface area contributed by atoms with Gasteiger partial charge < -0.3 is 20.9 Å². The summed E-state index contributed by atoms with van der Waals surface area (Å²) in [6.07, 6.45) is 4.62. The molecule has 0 amide bonds. The number of imidazole rings is 1. The van der Waals surface area contributed by atoms with Gasteiger partial charge in [-0.1, -0.05) is 30.3 Å². The number of benzene rings is 1. The number of allylic oxidation sites excluding steroid dienone is 2.